The predicted octanol–water partition coefficient (Wildman–Crippen LogP) is 10.9. The SMILES string of the molecule is c1ccc(-n2c3ccccc3c3cc(-c4cc5c6ccccc6n(-c6ccccc6)c5c5c4[se]c4ccccc45)ccc32)cc1. The minimum atomic E-state index is 0.195. The van der Waals surface area contributed by atoms with Gasteiger partial charge < -0.3 is 0 Å². The molecule has 7 aromatic carbocycles. The molecule has 0 saturated heterocycles. The molecule has 2 nitrogen and oxygen atoms in total. The Morgan fingerprint density at radius 1 is 0.400 bits per heavy atom. The molecule has 0 saturated carbocycles. The third-order valence-electron chi connectivity index (χ3n) is 9.29. The number of fused-ring (bicyclic) bond motifs is 10. The van der Waals surface area contributed by atoms with Gasteiger partial charge in [-0.25, -0.2) is 0 Å². The van der Waals surface area contributed by atoms with Gasteiger partial charge in [0, 0.05) is 0 Å². The van der Waals surface area contributed by atoms with Crippen LogP contribution in [0.4, 0.5) is 0 Å². The fraction of sp³-hybridized carbons (Fsp3) is 0. The van der Waals surface area contributed by atoms with Crippen molar-refractivity contribution in [2.45, 2.75) is 0 Å². The van der Waals surface area contributed by atoms with E-state index in [1.165, 1.54) is 85.4 Å². The molecule has 3 heterocycles. The van der Waals surface area contributed by atoms with Crippen LogP contribution in [0.25, 0.3) is 85.4 Å². The summed E-state index contributed by atoms with van der Waals surface area (Å²) in [6.07, 6.45) is 0. The van der Waals surface area contributed by atoms with Crippen LogP contribution in [-0.4, -0.2) is 23.6 Å². The van der Waals surface area contributed by atoms with Crippen LogP contribution in [0.5, 0.6) is 0 Å². The Morgan fingerprint density at radius 3 is 1.69 bits per heavy atom. The number of aromatic nitrogens is 2. The standard InChI is InChI=1S/C42H26N2Se/c1-3-13-28(14-4-1)43-36-20-10-7-17-30(36)34-25-27(23-24-38(34)43)33-26-35-31-18-8-11-21-37(31)44(29-15-5-2-6-16-29)41(35)40-32-19-9-12-22-39(32)45-42(33)40/h1-26H. The Balaban J connectivity index is 1.35. The molecule has 45 heavy (non-hydrogen) atoms. The van der Waals surface area contributed by atoms with Crippen LogP contribution in [-0.2, 0) is 0 Å². The number of rotatable bonds is 3. The Bertz CT molecular complexity index is 2740. The Hall–Kier alpha value is -5.34. The molecular formula is C42H26N2Se. The molecule has 0 spiro atoms. The van der Waals surface area contributed by atoms with Gasteiger partial charge in [0.1, 0.15) is 0 Å². The zero-order chi connectivity index (χ0) is 29.5. The molecule has 0 aliphatic heterocycles. The molecule has 0 radical (unpaired) electrons. The number of hydrogen-bond acceptors (Lipinski definition) is 0. The molecule has 0 N–H and O–H groups in total. The van der Waals surface area contributed by atoms with Crippen molar-refractivity contribution < 1.29 is 0 Å². The quantitative estimate of drug-likeness (QED) is 0.171. The first-order chi connectivity index (χ1) is 22.3. The number of hydrogen-bond donors (Lipinski definition) is 0. The van der Waals surface area contributed by atoms with Crippen molar-refractivity contribution in [3.63, 3.8) is 0 Å². The molecular weight excluding hydrogens is 611 g/mol. The van der Waals surface area contributed by atoms with Gasteiger partial charge in [0.05, 0.1) is 0 Å². The van der Waals surface area contributed by atoms with Crippen molar-refractivity contribution >= 4 is 77.4 Å². The molecule has 0 atom stereocenters. The zero-order valence-electron chi connectivity index (χ0n) is 24.3. The normalized spacial score (nSPS) is 12.0. The van der Waals surface area contributed by atoms with Crippen LogP contribution in [0.15, 0.2) is 158 Å². The Kier molecular flexibility index (Phi) is 5.33. The molecule has 0 aliphatic rings. The molecule has 10 aromatic rings. The molecule has 0 aliphatic carbocycles. The van der Waals surface area contributed by atoms with E-state index in [-0.39, 0.29) is 14.5 Å². The zero-order valence-corrected chi connectivity index (χ0v) is 26.0. The van der Waals surface area contributed by atoms with Gasteiger partial charge in [-0.15, -0.1) is 0 Å². The van der Waals surface area contributed by atoms with E-state index in [4.69, 9.17) is 0 Å². The molecule has 0 fully saturated rings. The van der Waals surface area contributed by atoms with E-state index in [9.17, 15) is 0 Å². The van der Waals surface area contributed by atoms with Gasteiger partial charge >= 0.3 is 267 Å². The van der Waals surface area contributed by atoms with E-state index in [2.05, 4.69) is 167 Å². The van der Waals surface area contributed by atoms with Gasteiger partial charge in [-0.3, -0.25) is 0 Å². The second-order valence-corrected chi connectivity index (χ2v) is 13.9. The second kappa shape index (κ2) is 9.58. The van der Waals surface area contributed by atoms with E-state index in [0.29, 0.717) is 0 Å². The van der Waals surface area contributed by atoms with Crippen molar-refractivity contribution in [1.82, 2.24) is 9.13 Å². The molecule has 10 rings (SSSR count). The average Bonchev–Trinajstić information content (AvgIpc) is 3.76. The van der Waals surface area contributed by atoms with Gasteiger partial charge in [0.25, 0.3) is 0 Å². The van der Waals surface area contributed by atoms with Crippen LogP contribution in [0, 0.1) is 0 Å². The first-order valence-electron chi connectivity index (χ1n) is 15.4. The number of para-hydroxylation sites is 4. The van der Waals surface area contributed by atoms with Crippen LogP contribution in [0.3, 0.4) is 0 Å². The summed E-state index contributed by atoms with van der Waals surface area (Å²) in [7, 11) is 0. The second-order valence-electron chi connectivity index (χ2n) is 11.7. The number of nitrogens with zero attached hydrogens (tertiary/aromatic N) is 2. The summed E-state index contributed by atoms with van der Waals surface area (Å²) < 4.78 is 7.82. The van der Waals surface area contributed by atoms with Crippen LogP contribution < -0.4 is 0 Å². The molecule has 3 heteroatoms. The molecule has 0 unspecified atom stereocenters. The first kappa shape index (κ1) is 25.0. The summed E-state index contributed by atoms with van der Waals surface area (Å²) in [5.74, 6) is 0. The third-order valence-corrected chi connectivity index (χ3v) is 11.8. The molecule has 210 valence electrons. The number of benzene rings is 7. The Labute approximate surface area is 265 Å². The molecule has 3 aromatic heterocycles. The van der Waals surface area contributed by atoms with E-state index in [1.54, 1.807) is 0 Å². The van der Waals surface area contributed by atoms with E-state index < -0.39 is 0 Å². The minimum absolute atomic E-state index is 0.195. The summed E-state index contributed by atoms with van der Waals surface area (Å²) in [5.41, 5.74) is 10.0. The topological polar surface area (TPSA) is 9.86 Å². The monoisotopic (exact) mass is 638 g/mol. The van der Waals surface area contributed by atoms with Crippen LogP contribution >= 0.6 is 0 Å². The molecule has 0 amide bonds. The van der Waals surface area contributed by atoms with E-state index in [1.807, 2.05) is 0 Å². The maximum atomic E-state index is 2.49. The van der Waals surface area contributed by atoms with E-state index >= 15 is 0 Å². The first-order valence-corrected chi connectivity index (χ1v) is 17.1. The van der Waals surface area contributed by atoms with Crippen molar-refractivity contribution in [3.05, 3.63) is 158 Å². The molecule has 0 bridgehead atoms. The average molecular weight is 638 g/mol. The van der Waals surface area contributed by atoms with Gasteiger partial charge in [-0.1, -0.05) is 0 Å². The summed E-state index contributed by atoms with van der Waals surface area (Å²) in [5, 5.41) is 7.94. The predicted molar refractivity (Wildman–Crippen MR) is 193 cm³/mol. The van der Waals surface area contributed by atoms with Crippen molar-refractivity contribution in [2.75, 3.05) is 0 Å². The van der Waals surface area contributed by atoms with Crippen LogP contribution in [0.1, 0.15) is 0 Å². The van der Waals surface area contributed by atoms with Gasteiger partial charge in [0.2, 0.25) is 0 Å². The fourth-order valence-electron chi connectivity index (χ4n) is 7.39. The fourth-order valence-corrected chi connectivity index (χ4v) is 10.00. The van der Waals surface area contributed by atoms with Crippen LogP contribution in [0.2, 0.25) is 0 Å². The van der Waals surface area contributed by atoms with Gasteiger partial charge in [-0.2, -0.15) is 0 Å². The van der Waals surface area contributed by atoms with E-state index in [0.717, 1.165) is 0 Å². The maximum absolute atomic E-state index is 2.49. The summed E-state index contributed by atoms with van der Waals surface area (Å²) >= 11 is 0.195. The van der Waals surface area contributed by atoms with Crippen molar-refractivity contribution in [2.24, 2.45) is 0 Å². The summed E-state index contributed by atoms with van der Waals surface area (Å²) in [6, 6.07) is 57.9. The third kappa shape index (κ3) is 3.57. The van der Waals surface area contributed by atoms with Crippen molar-refractivity contribution in [3.8, 4) is 22.5 Å². The van der Waals surface area contributed by atoms with Gasteiger partial charge in [-0.05, 0) is 0 Å². The Morgan fingerprint density at radius 2 is 0.956 bits per heavy atom. The summed E-state index contributed by atoms with van der Waals surface area (Å²) in [4.78, 5) is 0. The summed E-state index contributed by atoms with van der Waals surface area (Å²) in [6.45, 7) is 0. The van der Waals surface area contributed by atoms with Crippen molar-refractivity contribution in [1.29, 1.82) is 0 Å². The van der Waals surface area contributed by atoms with Gasteiger partial charge in [0.15, 0.2) is 0 Å².